The first-order valence-electron chi connectivity index (χ1n) is 23.6. The second-order valence-corrected chi connectivity index (χ2v) is 16.7. The smallest absolute Gasteiger partial charge is 0.686 e. The molecule has 7 heteroatoms. The van der Waals surface area contributed by atoms with Gasteiger partial charge in [0.05, 0.1) is 0 Å². The second kappa shape index (κ2) is 28.8. The molecule has 1 aliphatic heterocycles. The Bertz CT molecular complexity index is 2000. The topological polar surface area (TPSA) is 78.8 Å². The molecule has 3 aliphatic rings. The largest absolute Gasteiger partial charge is 2.00 e. The number of hydrogen-bond acceptors (Lipinski definition) is 4. The van der Waals surface area contributed by atoms with E-state index in [0.29, 0.717) is 12.5 Å². The third-order valence-corrected chi connectivity index (χ3v) is 12.3. The van der Waals surface area contributed by atoms with E-state index < -0.39 is 0 Å². The van der Waals surface area contributed by atoms with Gasteiger partial charge in [-0.05, 0) is 134 Å². The van der Waals surface area contributed by atoms with Crippen molar-refractivity contribution < 1.29 is 36.2 Å². The van der Waals surface area contributed by atoms with Crippen molar-refractivity contribution in [3.63, 3.8) is 0 Å². The van der Waals surface area contributed by atoms with Crippen LogP contribution in [-0.4, -0.2) is 62.0 Å². The van der Waals surface area contributed by atoms with Crippen molar-refractivity contribution in [3.8, 4) is 0 Å². The molecule has 63 heavy (non-hydrogen) atoms. The number of piperidine rings is 1. The minimum absolute atomic E-state index is 0. The van der Waals surface area contributed by atoms with Crippen LogP contribution in [0.15, 0.2) is 115 Å². The molecule has 0 aromatic heterocycles. The summed E-state index contributed by atoms with van der Waals surface area (Å²) in [6.07, 6.45) is 22.2. The van der Waals surface area contributed by atoms with Crippen molar-refractivity contribution in [2.45, 2.75) is 118 Å². The van der Waals surface area contributed by atoms with E-state index in [1.54, 1.807) is 17.9 Å². The Balaban J connectivity index is 0.00000169. The number of rotatable bonds is 19. The molecule has 0 spiro atoms. The number of nitrogens with one attached hydrogen (secondary N) is 1. The predicted molar refractivity (Wildman–Crippen MR) is 272 cm³/mol. The summed E-state index contributed by atoms with van der Waals surface area (Å²) in [5, 5.41) is 27.9. The van der Waals surface area contributed by atoms with Crippen LogP contribution in [-0.2, 0) is 13.0 Å². The molecule has 3 aromatic rings. The van der Waals surface area contributed by atoms with Gasteiger partial charge < -0.3 is 26.0 Å². The number of aliphatic hydroxyl groups is 1. The maximum Gasteiger partial charge on any atom is 2.00 e. The minimum atomic E-state index is 0. The summed E-state index contributed by atoms with van der Waals surface area (Å²) in [7, 11) is 2.09. The van der Waals surface area contributed by atoms with Crippen LogP contribution in [0.4, 0.5) is 11.4 Å². The molecule has 1 saturated heterocycles. The van der Waals surface area contributed by atoms with Crippen molar-refractivity contribution >= 4 is 35.0 Å². The zero-order valence-electron chi connectivity index (χ0n) is 39.7. The number of nitrogens with zero attached hydrogens (tertiary/aromatic N) is 4. The van der Waals surface area contributed by atoms with Crippen LogP contribution < -0.4 is 4.90 Å². The number of benzene rings is 3. The van der Waals surface area contributed by atoms with Crippen molar-refractivity contribution in [2.24, 2.45) is 5.92 Å². The maximum atomic E-state index is 10.2. The molecule has 0 saturated carbocycles. The van der Waals surface area contributed by atoms with Gasteiger partial charge in [-0.3, -0.25) is 4.90 Å². The van der Waals surface area contributed by atoms with Gasteiger partial charge in [0.2, 0.25) is 0 Å². The number of aliphatic hydroxyl groups excluding tert-OH is 1. The molecule has 1 unspecified atom stereocenters. The normalized spacial score (nSPS) is 15.4. The second-order valence-electron chi connectivity index (χ2n) is 16.7. The summed E-state index contributed by atoms with van der Waals surface area (Å²) in [6.45, 7) is 26.7. The summed E-state index contributed by atoms with van der Waals surface area (Å²) in [5.74, 6) is 0.750. The Labute approximate surface area is 406 Å². The average Bonchev–Trinajstić information content (AvgIpc) is 3.49. The molecule has 0 amide bonds. The van der Waals surface area contributed by atoms with E-state index in [0.717, 1.165) is 107 Å². The van der Waals surface area contributed by atoms with Crippen molar-refractivity contribution in [3.05, 3.63) is 159 Å². The Kier molecular flexibility index (Phi) is 24.5. The van der Waals surface area contributed by atoms with E-state index in [1.165, 1.54) is 57.5 Å². The van der Waals surface area contributed by atoms with Gasteiger partial charge in [0.1, 0.15) is 5.76 Å². The Hall–Kier alpha value is -3.86. The van der Waals surface area contributed by atoms with Crippen molar-refractivity contribution in [1.82, 2.24) is 4.90 Å². The third kappa shape index (κ3) is 15.7. The summed E-state index contributed by atoms with van der Waals surface area (Å²) in [5.41, 5.74) is 15.2. The first-order valence-corrected chi connectivity index (χ1v) is 23.6. The van der Waals surface area contributed by atoms with Gasteiger partial charge in [0, 0.05) is 43.1 Å². The van der Waals surface area contributed by atoms with E-state index in [4.69, 9.17) is 16.0 Å². The number of hydrogen-bond donors (Lipinski definition) is 2. The molecule has 0 radical (unpaired) electrons. The number of fused-ring (bicyclic) bond motifs is 1. The van der Waals surface area contributed by atoms with E-state index in [1.807, 2.05) is 32.9 Å². The van der Waals surface area contributed by atoms with Gasteiger partial charge >= 0.3 is 31.1 Å². The van der Waals surface area contributed by atoms with Gasteiger partial charge in [-0.25, -0.2) is 0 Å². The first-order chi connectivity index (χ1) is 30.2. The van der Waals surface area contributed by atoms with E-state index >= 15 is 0 Å². The molecule has 2 aliphatic carbocycles. The monoisotopic (exact) mass is 1070 g/mol. The Morgan fingerprint density at radius 2 is 1.67 bits per heavy atom. The number of anilines is 1. The molecule has 0 bridgehead atoms. The van der Waals surface area contributed by atoms with Crippen LogP contribution in [0.3, 0.4) is 0 Å². The first kappa shape index (κ1) is 53.5. The van der Waals surface area contributed by atoms with Gasteiger partial charge in [0.25, 0.3) is 0 Å². The van der Waals surface area contributed by atoms with Crippen LogP contribution in [0, 0.1) is 42.4 Å². The van der Waals surface area contributed by atoms with Crippen LogP contribution in [0.2, 0.25) is 0 Å². The predicted octanol–water partition coefficient (Wildman–Crippen LogP) is 15.2. The van der Waals surface area contributed by atoms with E-state index in [2.05, 4.69) is 117 Å². The Morgan fingerprint density at radius 1 is 0.937 bits per heavy atom. The molecule has 6 rings (SSSR count). The zero-order valence-corrected chi connectivity index (χ0v) is 43.9. The van der Waals surface area contributed by atoms with Crippen molar-refractivity contribution in [2.75, 3.05) is 44.7 Å². The molecule has 6 nitrogen and oxygen atoms in total. The maximum absolute atomic E-state index is 10.2. The Morgan fingerprint density at radius 3 is 2.29 bits per heavy atom. The molecular formula is C56H77N5OU. The molecule has 1 heterocycles. The van der Waals surface area contributed by atoms with E-state index in [9.17, 15) is 5.11 Å². The SMILES string of the molecule is C=CC.C=Cc1ccc([N-]CC[N-]CC2CCN(c3ccc(C4=C(C5=CC=C(CCC)CC5)CCCc5cc(C(=C)O)ccc54)cc3)CC2)cc1CN(C)C(C=N)CCC.CC.[U+2]. The summed E-state index contributed by atoms with van der Waals surface area (Å²) in [6, 6.07) is 22.3. The van der Waals surface area contributed by atoms with Gasteiger partial charge in [-0.2, -0.15) is 13.1 Å². The number of allylic oxidation sites excluding steroid dienone is 6. The third-order valence-electron chi connectivity index (χ3n) is 12.3. The summed E-state index contributed by atoms with van der Waals surface area (Å²) < 4.78 is 0. The molecule has 336 valence electrons. The number of aryl methyl sites for hydroxylation is 1. The van der Waals surface area contributed by atoms with Crippen molar-refractivity contribution in [1.29, 1.82) is 5.41 Å². The van der Waals surface area contributed by atoms with Crippen LogP contribution in [0.25, 0.3) is 28.0 Å². The standard InChI is InChI=1S/C51H65N5O.C3H6.C2H6.U/c1-6-10-38-14-16-41(17-15-38)49-13-9-12-44-32-43(37(4)57)21-25-50(44)51(49)42-19-23-47(24-20-42)56-30-26-39(27-31-56)35-53-28-29-54-46-22-18-40(8-3)45(33-46)36-55(5)48(34-52)11-7-2;1-3-2;1-2;/h8,14,16,18-25,32-34,39,48,52,57H,3-4,6-7,9-13,15,17,26-31,35-36H2,1-2,5H3;3H,1H2,2H3;1-2H3;/q-2;;;+2. The van der Waals surface area contributed by atoms with Gasteiger partial charge in [0.15, 0.2) is 0 Å². The summed E-state index contributed by atoms with van der Waals surface area (Å²) in [4.78, 5) is 4.79. The van der Waals surface area contributed by atoms with Crippen LogP contribution in [0.1, 0.15) is 132 Å². The van der Waals surface area contributed by atoms with Gasteiger partial charge in [-0.1, -0.05) is 132 Å². The molecule has 1 atom stereocenters. The fraction of sp³-hybridized carbons (Fsp3) is 0.446. The molecule has 1 fully saturated rings. The summed E-state index contributed by atoms with van der Waals surface area (Å²) >= 11 is 0. The molecular weight excluding hydrogens is 997 g/mol. The molecule has 2 N–H and O–H groups in total. The van der Waals surface area contributed by atoms with E-state index in [-0.39, 0.29) is 42.9 Å². The zero-order chi connectivity index (χ0) is 44.9. The average molecular weight is 1070 g/mol. The molecule has 3 aromatic carbocycles. The fourth-order valence-corrected chi connectivity index (χ4v) is 8.95. The van der Waals surface area contributed by atoms with Crippen LogP contribution >= 0.6 is 0 Å². The quantitative estimate of drug-likeness (QED) is 0.0543. The van der Waals surface area contributed by atoms with Gasteiger partial charge in [-0.15, -0.1) is 18.8 Å². The van der Waals surface area contributed by atoms with Crippen LogP contribution in [0.5, 0.6) is 0 Å². The fourth-order valence-electron chi connectivity index (χ4n) is 8.95. The minimum Gasteiger partial charge on any atom is -0.686 e.